The second kappa shape index (κ2) is 4.70. The summed E-state index contributed by atoms with van der Waals surface area (Å²) in [7, 11) is 1.49. The van der Waals surface area contributed by atoms with Gasteiger partial charge in [0.25, 0.3) is 0 Å². The molecule has 0 saturated carbocycles. The second-order valence-corrected chi connectivity index (χ2v) is 5.31. The molecule has 0 aromatic rings. The highest BCUT2D eigenvalue weighted by atomic mass is 16.8. The minimum Gasteiger partial charge on any atom is -0.393 e. The van der Waals surface area contributed by atoms with Crippen LogP contribution in [0.5, 0.6) is 0 Å². The van der Waals surface area contributed by atoms with Gasteiger partial charge < -0.3 is 29.2 Å². The van der Waals surface area contributed by atoms with Gasteiger partial charge in [-0.3, -0.25) is 0 Å². The summed E-state index contributed by atoms with van der Waals surface area (Å²) in [5.41, 5.74) is -1.00. The summed E-state index contributed by atoms with van der Waals surface area (Å²) in [5, 5.41) is 19.5. The molecule has 0 aliphatic carbocycles. The first-order valence-electron chi connectivity index (χ1n) is 6.18. The Hall–Kier alpha value is -0.240. The SMILES string of the molecule is CO[C@@]1(C)O[C@H]2[C@H](O[C@]1(C)CO)[C@H](C)OC[C@@H]2O. The molecule has 0 bridgehead atoms. The maximum Gasteiger partial charge on any atom is 0.196 e. The number of aliphatic hydroxyl groups is 2. The van der Waals surface area contributed by atoms with Gasteiger partial charge in [0.2, 0.25) is 0 Å². The van der Waals surface area contributed by atoms with Crippen LogP contribution in [0, 0.1) is 0 Å². The minimum atomic E-state index is -1.11. The highest BCUT2D eigenvalue weighted by Crippen LogP contribution is 2.41. The largest absolute Gasteiger partial charge is 0.393 e. The van der Waals surface area contributed by atoms with Crippen molar-refractivity contribution in [3.05, 3.63) is 0 Å². The molecule has 2 heterocycles. The average Bonchev–Trinajstić information content (AvgIpc) is 2.36. The number of aliphatic hydroxyl groups excluding tert-OH is 2. The molecule has 0 radical (unpaired) electrons. The molecule has 18 heavy (non-hydrogen) atoms. The van der Waals surface area contributed by atoms with E-state index >= 15 is 0 Å². The normalized spacial score (nSPS) is 53.0. The number of ether oxygens (including phenoxy) is 4. The lowest BCUT2D eigenvalue weighted by Crippen LogP contribution is -2.71. The number of fused-ring (bicyclic) bond motifs is 1. The quantitative estimate of drug-likeness (QED) is 0.709. The van der Waals surface area contributed by atoms with Crippen LogP contribution in [0.4, 0.5) is 0 Å². The Labute approximate surface area is 107 Å². The molecule has 6 heteroatoms. The van der Waals surface area contributed by atoms with Crippen molar-refractivity contribution in [2.45, 2.75) is 56.6 Å². The molecule has 0 spiro atoms. The van der Waals surface area contributed by atoms with E-state index in [2.05, 4.69) is 0 Å². The molecule has 6 atom stereocenters. The van der Waals surface area contributed by atoms with E-state index in [-0.39, 0.29) is 19.3 Å². The zero-order valence-electron chi connectivity index (χ0n) is 11.3. The number of methoxy groups -OCH3 is 1. The van der Waals surface area contributed by atoms with Crippen LogP contribution in [0.25, 0.3) is 0 Å². The monoisotopic (exact) mass is 262 g/mol. The summed E-state index contributed by atoms with van der Waals surface area (Å²) in [4.78, 5) is 0. The minimum absolute atomic E-state index is 0.203. The molecule has 2 aliphatic heterocycles. The summed E-state index contributed by atoms with van der Waals surface area (Å²) >= 11 is 0. The van der Waals surface area contributed by atoms with E-state index in [0.717, 1.165) is 0 Å². The third-order valence-corrected chi connectivity index (χ3v) is 4.10. The van der Waals surface area contributed by atoms with E-state index in [0.29, 0.717) is 0 Å². The van der Waals surface area contributed by atoms with Gasteiger partial charge in [0.1, 0.15) is 23.9 Å². The molecule has 0 unspecified atom stereocenters. The van der Waals surface area contributed by atoms with E-state index in [1.807, 2.05) is 6.92 Å². The van der Waals surface area contributed by atoms with Crippen molar-refractivity contribution in [2.75, 3.05) is 20.3 Å². The lowest BCUT2D eigenvalue weighted by molar-refractivity contribution is -0.418. The molecule has 2 aliphatic rings. The molecule has 2 fully saturated rings. The molecule has 0 aromatic heterocycles. The van der Waals surface area contributed by atoms with E-state index in [4.69, 9.17) is 18.9 Å². The molecule has 2 rings (SSSR count). The van der Waals surface area contributed by atoms with Gasteiger partial charge in [0, 0.05) is 7.11 Å². The first-order chi connectivity index (χ1) is 8.37. The third kappa shape index (κ3) is 1.97. The predicted octanol–water partition coefficient (Wildman–Crippen LogP) is -0.336. The summed E-state index contributed by atoms with van der Waals surface area (Å²) in [5.74, 6) is -1.11. The fourth-order valence-corrected chi connectivity index (χ4v) is 2.47. The number of hydrogen-bond acceptors (Lipinski definition) is 6. The van der Waals surface area contributed by atoms with E-state index in [1.54, 1.807) is 13.8 Å². The van der Waals surface area contributed by atoms with E-state index < -0.39 is 29.7 Å². The Bertz CT molecular complexity index is 281. The molecular formula is C12H22O6. The fraction of sp³-hybridized carbons (Fsp3) is 1.00. The third-order valence-electron chi connectivity index (χ3n) is 4.10. The van der Waals surface area contributed by atoms with Crippen molar-refractivity contribution >= 4 is 0 Å². The summed E-state index contributed by atoms with van der Waals surface area (Å²) < 4.78 is 22.6. The number of rotatable bonds is 2. The first-order valence-corrected chi connectivity index (χ1v) is 6.18. The van der Waals surface area contributed by atoms with Crippen molar-refractivity contribution in [1.82, 2.24) is 0 Å². The van der Waals surface area contributed by atoms with Crippen LogP contribution in [0.15, 0.2) is 0 Å². The molecule has 0 aromatic carbocycles. The molecule has 0 amide bonds. The number of hydrogen-bond donors (Lipinski definition) is 2. The van der Waals surface area contributed by atoms with Crippen LogP contribution < -0.4 is 0 Å². The second-order valence-electron chi connectivity index (χ2n) is 5.31. The van der Waals surface area contributed by atoms with Crippen LogP contribution >= 0.6 is 0 Å². The van der Waals surface area contributed by atoms with Gasteiger partial charge >= 0.3 is 0 Å². The van der Waals surface area contributed by atoms with Gasteiger partial charge in [-0.25, -0.2) is 0 Å². The van der Waals surface area contributed by atoms with Crippen LogP contribution in [0.2, 0.25) is 0 Å². The van der Waals surface area contributed by atoms with E-state index in [1.165, 1.54) is 7.11 Å². The molecule has 6 nitrogen and oxygen atoms in total. The first kappa shape index (κ1) is 14.2. The molecule has 2 saturated heterocycles. The van der Waals surface area contributed by atoms with Crippen LogP contribution in [0.1, 0.15) is 20.8 Å². The van der Waals surface area contributed by atoms with Crippen molar-refractivity contribution in [3.8, 4) is 0 Å². The van der Waals surface area contributed by atoms with E-state index in [9.17, 15) is 10.2 Å². The molecule has 2 N–H and O–H groups in total. The molecule has 106 valence electrons. The predicted molar refractivity (Wildman–Crippen MR) is 62.1 cm³/mol. The Morgan fingerprint density at radius 2 is 1.94 bits per heavy atom. The Morgan fingerprint density at radius 1 is 1.28 bits per heavy atom. The summed E-state index contributed by atoms with van der Waals surface area (Å²) in [6.07, 6.45) is -1.90. The maximum atomic E-state index is 9.94. The molecular weight excluding hydrogens is 240 g/mol. The van der Waals surface area contributed by atoms with Crippen molar-refractivity contribution in [1.29, 1.82) is 0 Å². The smallest absolute Gasteiger partial charge is 0.196 e. The highest BCUT2D eigenvalue weighted by Gasteiger charge is 2.59. The van der Waals surface area contributed by atoms with Crippen molar-refractivity contribution in [3.63, 3.8) is 0 Å². The van der Waals surface area contributed by atoms with Gasteiger partial charge in [-0.15, -0.1) is 0 Å². The maximum absolute atomic E-state index is 9.94. The van der Waals surface area contributed by atoms with Crippen LogP contribution in [-0.4, -0.2) is 66.3 Å². The van der Waals surface area contributed by atoms with Gasteiger partial charge in [-0.2, -0.15) is 0 Å². The van der Waals surface area contributed by atoms with Gasteiger partial charge in [-0.05, 0) is 20.8 Å². The average molecular weight is 262 g/mol. The summed E-state index contributed by atoms with van der Waals surface area (Å²) in [6.45, 7) is 5.25. The standard InChI is InChI=1S/C12H22O6/c1-7-9-10(8(14)5-16-7)18-12(3,15-4)11(2,6-13)17-9/h7-10,13-14H,5-6H2,1-4H3/t7-,8-,9+,10+,11+,12-/m0/s1. The highest BCUT2D eigenvalue weighted by molar-refractivity contribution is 5.01. The zero-order chi connectivity index (χ0) is 13.6. The van der Waals surface area contributed by atoms with Gasteiger partial charge in [0.15, 0.2) is 5.79 Å². The zero-order valence-corrected chi connectivity index (χ0v) is 11.3. The topological polar surface area (TPSA) is 77.4 Å². The van der Waals surface area contributed by atoms with Gasteiger partial charge in [0.05, 0.1) is 19.3 Å². The Balaban J connectivity index is 2.29. The lowest BCUT2D eigenvalue weighted by Gasteiger charge is -2.55. The van der Waals surface area contributed by atoms with Crippen LogP contribution in [0.3, 0.4) is 0 Å². The van der Waals surface area contributed by atoms with Crippen molar-refractivity contribution < 1.29 is 29.2 Å². The van der Waals surface area contributed by atoms with Crippen LogP contribution in [-0.2, 0) is 18.9 Å². The summed E-state index contributed by atoms with van der Waals surface area (Å²) in [6, 6.07) is 0. The fourth-order valence-electron chi connectivity index (χ4n) is 2.47. The Morgan fingerprint density at radius 3 is 2.50 bits per heavy atom. The Kier molecular flexibility index (Phi) is 3.70. The lowest BCUT2D eigenvalue weighted by atomic mass is 9.90. The van der Waals surface area contributed by atoms with Crippen molar-refractivity contribution in [2.24, 2.45) is 0 Å². The van der Waals surface area contributed by atoms with Gasteiger partial charge in [-0.1, -0.05) is 0 Å².